The Labute approximate surface area is 134 Å². The molecule has 0 radical (unpaired) electrons. The fourth-order valence-electron chi connectivity index (χ4n) is 1.84. The summed E-state index contributed by atoms with van der Waals surface area (Å²) < 4.78 is 57.5. The predicted molar refractivity (Wildman–Crippen MR) is 76.6 cm³/mol. The number of halogens is 4. The monoisotopic (exact) mass is 341 g/mol. The summed E-state index contributed by atoms with van der Waals surface area (Å²) in [6.07, 6.45) is 0. The molecule has 0 bridgehead atoms. The Kier molecular flexibility index (Phi) is 5.18. The van der Waals surface area contributed by atoms with Gasteiger partial charge in [0.1, 0.15) is 0 Å². The van der Waals surface area contributed by atoms with Crippen molar-refractivity contribution < 1.29 is 31.9 Å². The van der Waals surface area contributed by atoms with E-state index in [2.05, 4.69) is 5.32 Å². The van der Waals surface area contributed by atoms with Gasteiger partial charge in [0.15, 0.2) is 23.3 Å². The van der Waals surface area contributed by atoms with Crippen LogP contribution in [0.15, 0.2) is 30.3 Å². The molecule has 2 aromatic carbocycles. The molecule has 0 unspecified atom stereocenters. The van der Waals surface area contributed by atoms with Gasteiger partial charge in [0.05, 0.1) is 17.7 Å². The predicted octanol–water partition coefficient (Wildman–Crippen LogP) is 3.67. The Morgan fingerprint density at radius 3 is 2.21 bits per heavy atom. The lowest BCUT2D eigenvalue weighted by Gasteiger charge is -2.08. The molecule has 0 heterocycles. The second-order valence-electron chi connectivity index (χ2n) is 4.60. The standard InChI is InChI=1S/C16H11F4NO3/c1-2-24-16(23)8-3-5-9(6-4-8)21-15(22)10-7-11(17)13(19)14(20)12(10)18/h3-7H,2H2,1H3,(H,21,22). The molecule has 0 saturated heterocycles. The number of carbonyl (C=O) groups is 2. The van der Waals surface area contributed by atoms with Crippen molar-refractivity contribution in [2.75, 3.05) is 11.9 Å². The molecule has 8 heteroatoms. The summed E-state index contributed by atoms with van der Waals surface area (Å²) >= 11 is 0. The van der Waals surface area contributed by atoms with Gasteiger partial charge in [-0.2, -0.15) is 0 Å². The third-order valence-electron chi connectivity index (χ3n) is 3.00. The van der Waals surface area contributed by atoms with Crippen LogP contribution in [0.25, 0.3) is 0 Å². The van der Waals surface area contributed by atoms with Gasteiger partial charge in [0.25, 0.3) is 5.91 Å². The van der Waals surface area contributed by atoms with E-state index in [9.17, 15) is 27.2 Å². The van der Waals surface area contributed by atoms with E-state index >= 15 is 0 Å². The van der Waals surface area contributed by atoms with Crippen molar-refractivity contribution in [3.8, 4) is 0 Å². The summed E-state index contributed by atoms with van der Waals surface area (Å²) in [5.74, 6) is -9.29. The third kappa shape index (κ3) is 3.53. The number of amides is 1. The maximum absolute atomic E-state index is 13.5. The van der Waals surface area contributed by atoms with E-state index in [1.54, 1.807) is 6.92 Å². The molecule has 2 rings (SSSR count). The SMILES string of the molecule is CCOC(=O)c1ccc(NC(=O)c2cc(F)c(F)c(F)c2F)cc1. The smallest absolute Gasteiger partial charge is 0.338 e. The highest BCUT2D eigenvalue weighted by molar-refractivity contribution is 6.04. The van der Waals surface area contributed by atoms with Crippen LogP contribution in [0.2, 0.25) is 0 Å². The Balaban J connectivity index is 2.20. The van der Waals surface area contributed by atoms with Crippen LogP contribution in [0.4, 0.5) is 23.2 Å². The second kappa shape index (κ2) is 7.12. The van der Waals surface area contributed by atoms with Crippen molar-refractivity contribution in [1.29, 1.82) is 0 Å². The molecule has 1 N–H and O–H groups in total. The molecular weight excluding hydrogens is 330 g/mol. The van der Waals surface area contributed by atoms with Gasteiger partial charge in [-0.15, -0.1) is 0 Å². The quantitative estimate of drug-likeness (QED) is 0.400. The minimum atomic E-state index is -2.07. The second-order valence-corrected chi connectivity index (χ2v) is 4.60. The summed E-state index contributed by atoms with van der Waals surface area (Å²) in [7, 11) is 0. The third-order valence-corrected chi connectivity index (χ3v) is 3.00. The van der Waals surface area contributed by atoms with Crippen LogP contribution in [0.1, 0.15) is 27.6 Å². The molecule has 2 aromatic rings. The van der Waals surface area contributed by atoms with Crippen molar-refractivity contribution in [2.45, 2.75) is 6.92 Å². The van der Waals surface area contributed by atoms with Gasteiger partial charge in [0.2, 0.25) is 0 Å². The molecule has 0 aliphatic carbocycles. The van der Waals surface area contributed by atoms with E-state index < -0.39 is 40.7 Å². The van der Waals surface area contributed by atoms with Crippen LogP contribution < -0.4 is 5.32 Å². The first-order chi connectivity index (χ1) is 11.3. The normalized spacial score (nSPS) is 10.4. The zero-order valence-corrected chi connectivity index (χ0v) is 12.3. The zero-order valence-electron chi connectivity index (χ0n) is 12.3. The summed E-state index contributed by atoms with van der Waals surface area (Å²) in [4.78, 5) is 23.3. The average molecular weight is 341 g/mol. The molecular formula is C16H11F4NO3. The van der Waals surface area contributed by atoms with Crippen LogP contribution >= 0.6 is 0 Å². The fourth-order valence-corrected chi connectivity index (χ4v) is 1.84. The highest BCUT2D eigenvalue weighted by Crippen LogP contribution is 2.20. The number of anilines is 1. The van der Waals surface area contributed by atoms with E-state index in [1.165, 1.54) is 24.3 Å². The molecule has 24 heavy (non-hydrogen) atoms. The number of esters is 1. The average Bonchev–Trinajstić information content (AvgIpc) is 2.57. The Morgan fingerprint density at radius 2 is 1.62 bits per heavy atom. The molecule has 0 aliphatic heterocycles. The Bertz CT molecular complexity index is 791. The van der Waals surface area contributed by atoms with Gasteiger partial charge in [-0.3, -0.25) is 4.79 Å². The molecule has 126 valence electrons. The molecule has 0 spiro atoms. The van der Waals surface area contributed by atoms with Crippen LogP contribution in [-0.2, 0) is 4.74 Å². The van der Waals surface area contributed by atoms with E-state index in [-0.39, 0.29) is 23.9 Å². The molecule has 0 atom stereocenters. The lowest BCUT2D eigenvalue weighted by molar-refractivity contribution is 0.0526. The Hall–Kier alpha value is -2.90. The van der Waals surface area contributed by atoms with Crippen LogP contribution in [0.5, 0.6) is 0 Å². The van der Waals surface area contributed by atoms with Crippen molar-refractivity contribution in [3.05, 3.63) is 64.7 Å². The molecule has 1 amide bonds. The molecule has 0 saturated carbocycles. The van der Waals surface area contributed by atoms with Crippen LogP contribution in [-0.4, -0.2) is 18.5 Å². The van der Waals surface area contributed by atoms with Crippen molar-refractivity contribution in [2.24, 2.45) is 0 Å². The molecule has 0 aliphatic rings. The maximum Gasteiger partial charge on any atom is 0.338 e. The highest BCUT2D eigenvalue weighted by Gasteiger charge is 2.23. The number of carbonyl (C=O) groups excluding carboxylic acids is 2. The Morgan fingerprint density at radius 1 is 1.00 bits per heavy atom. The largest absolute Gasteiger partial charge is 0.462 e. The fraction of sp³-hybridized carbons (Fsp3) is 0.125. The number of nitrogens with one attached hydrogen (secondary N) is 1. The summed E-state index contributed by atoms with van der Waals surface area (Å²) in [5.41, 5.74) is -0.627. The van der Waals surface area contributed by atoms with Crippen molar-refractivity contribution in [3.63, 3.8) is 0 Å². The molecule has 0 fully saturated rings. The van der Waals surface area contributed by atoms with Gasteiger partial charge >= 0.3 is 5.97 Å². The minimum Gasteiger partial charge on any atom is -0.462 e. The van der Waals surface area contributed by atoms with Crippen LogP contribution in [0, 0.1) is 23.3 Å². The lowest BCUT2D eigenvalue weighted by Crippen LogP contribution is -2.16. The lowest BCUT2D eigenvalue weighted by atomic mass is 10.1. The number of hydrogen-bond acceptors (Lipinski definition) is 3. The first-order valence-corrected chi connectivity index (χ1v) is 6.76. The van der Waals surface area contributed by atoms with Gasteiger partial charge in [0, 0.05) is 5.69 Å². The topological polar surface area (TPSA) is 55.4 Å². The van der Waals surface area contributed by atoms with Crippen LogP contribution in [0.3, 0.4) is 0 Å². The van der Waals surface area contributed by atoms with Gasteiger partial charge < -0.3 is 10.1 Å². The highest BCUT2D eigenvalue weighted by atomic mass is 19.2. The van der Waals surface area contributed by atoms with Gasteiger partial charge in [-0.05, 0) is 37.3 Å². The first-order valence-electron chi connectivity index (χ1n) is 6.76. The van der Waals surface area contributed by atoms with Crippen molar-refractivity contribution in [1.82, 2.24) is 0 Å². The summed E-state index contributed by atoms with van der Waals surface area (Å²) in [6.45, 7) is 1.83. The van der Waals surface area contributed by atoms with Crippen molar-refractivity contribution >= 4 is 17.6 Å². The molecule has 4 nitrogen and oxygen atoms in total. The molecule has 0 aromatic heterocycles. The van der Waals surface area contributed by atoms with Gasteiger partial charge in [-0.1, -0.05) is 0 Å². The summed E-state index contributed by atoms with van der Waals surface area (Å²) in [6, 6.07) is 5.58. The van der Waals surface area contributed by atoms with E-state index in [0.717, 1.165) is 0 Å². The number of ether oxygens (including phenoxy) is 1. The number of benzene rings is 2. The van der Waals surface area contributed by atoms with E-state index in [1.807, 2.05) is 0 Å². The maximum atomic E-state index is 13.5. The van der Waals surface area contributed by atoms with E-state index in [4.69, 9.17) is 4.74 Å². The van der Waals surface area contributed by atoms with Gasteiger partial charge in [-0.25, -0.2) is 22.4 Å². The summed E-state index contributed by atoms with van der Waals surface area (Å²) in [5, 5.41) is 2.18. The number of rotatable bonds is 4. The minimum absolute atomic E-state index is 0.137. The first kappa shape index (κ1) is 17.5. The van der Waals surface area contributed by atoms with E-state index in [0.29, 0.717) is 0 Å². The zero-order chi connectivity index (χ0) is 17.9. The number of hydrogen-bond donors (Lipinski definition) is 1.